The highest BCUT2D eigenvalue weighted by atomic mass is 15.0. The second kappa shape index (κ2) is 3.07. The van der Waals surface area contributed by atoms with Gasteiger partial charge in [0, 0.05) is 24.1 Å². The number of imidazole rings is 1. The van der Waals surface area contributed by atoms with Crippen LogP contribution in [-0.4, -0.2) is 14.9 Å². The maximum atomic E-state index is 6.07. The lowest BCUT2D eigenvalue weighted by molar-refractivity contribution is 0.608. The van der Waals surface area contributed by atoms with Gasteiger partial charge >= 0.3 is 0 Å². The Morgan fingerprint density at radius 3 is 3.07 bits per heavy atom. The highest BCUT2D eigenvalue weighted by Crippen LogP contribution is 2.36. The Labute approximate surface area is 88.9 Å². The van der Waals surface area contributed by atoms with Crippen LogP contribution in [-0.2, 0) is 6.42 Å². The van der Waals surface area contributed by atoms with E-state index in [4.69, 9.17) is 5.73 Å². The third-order valence-corrected chi connectivity index (χ3v) is 3.25. The number of pyridine rings is 1. The summed E-state index contributed by atoms with van der Waals surface area (Å²) in [7, 11) is 0. The molecule has 0 aliphatic heterocycles. The van der Waals surface area contributed by atoms with Gasteiger partial charge < -0.3 is 10.1 Å². The molecular formula is C12H15N3. The average Bonchev–Trinajstić information content (AvgIpc) is 2.80. The summed E-state index contributed by atoms with van der Waals surface area (Å²) in [5.74, 6) is 0. The predicted molar refractivity (Wildman–Crippen MR) is 59.7 cm³/mol. The molecule has 0 spiro atoms. The molecule has 1 saturated carbocycles. The van der Waals surface area contributed by atoms with Crippen molar-refractivity contribution in [3.63, 3.8) is 0 Å². The van der Waals surface area contributed by atoms with E-state index in [2.05, 4.69) is 27.7 Å². The fourth-order valence-electron chi connectivity index (χ4n) is 1.92. The summed E-state index contributed by atoms with van der Waals surface area (Å²) in [4.78, 5) is 4.22. The van der Waals surface area contributed by atoms with Crippen LogP contribution in [0, 0.1) is 0 Å². The summed E-state index contributed by atoms with van der Waals surface area (Å²) >= 11 is 0. The van der Waals surface area contributed by atoms with Gasteiger partial charge in [-0.15, -0.1) is 0 Å². The monoisotopic (exact) mass is 201 g/mol. The number of nitrogens with two attached hydrogens (primary N) is 1. The minimum absolute atomic E-state index is 0.157. The van der Waals surface area contributed by atoms with Gasteiger partial charge in [-0.2, -0.15) is 0 Å². The first-order valence-electron chi connectivity index (χ1n) is 5.46. The van der Waals surface area contributed by atoms with Gasteiger partial charge in [0.25, 0.3) is 0 Å². The van der Waals surface area contributed by atoms with Crippen LogP contribution in [0.2, 0.25) is 0 Å². The summed E-state index contributed by atoms with van der Waals surface area (Å²) < 4.78 is 2.06. The van der Waals surface area contributed by atoms with Crippen molar-refractivity contribution < 1.29 is 0 Å². The molecule has 2 aromatic rings. The van der Waals surface area contributed by atoms with Crippen LogP contribution in [0.1, 0.15) is 24.8 Å². The molecule has 0 aromatic carbocycles. The normalized spacial score (nSPS) is 18.2. The Hall–Kier alpha value is -1.35. The van der Waals surface area contributed by atoms with E-state index < -0.39 is 0 Å². The van der Waals surface area contributed by atoms with Crippen molar-refractivity contribution in [1.82, 2.24) is 9.38 Å². The molecule has 2 N–H and O–H groups in total. The topological polar surface area (TPSA) is 43.3 Å². The zero-order chi connectivity index (χ0) is 10.3. The van der Waals surface area contributed by atoms with E-state index in [1.54, 1.807) is 0 Å². The van der Waals surface area contributed by atoms with Gasteiger partial charge in [0.1, 0.15) is 5.65 Å². The lowest BCUT2D eigenvalue weighted by Gasteiger charge is -2.08. The van der Waals surface area contributed by atoms with Crippen LogP contribution in [0.5, 0.6) is 0 Å². The van der Waals surface area contributed by atoms with E-state index in [0.717, 1.165) is 18.5 Å². The Morgan fingerprint density at radius 2 is 2.27 bits per heavy atom. The van der Waals surface area contributed by atoms with Gasteiger partial charge in [-0.1, -0.05) is 6.07 Å². The predicted octanol–water partition coefficient (Wildman–Crippen LogP) is 1.76. The van der Waals surface area contributed by atoms with E-state index in [0.29, 0.717) is 0 Å². The summed E-state index contributed by atoms with van der Waals surface area (Å²) in [6.45, 7) is 0. The molecular weight excluding hydrogens is 186 g/mol. The first kappa shape index (κ1) is 8.92. The van der Waals surface area contributed by atoms with Gasteiger partial charge in [-0.05, 0) is 37.3 Å². The Balaban J connectivity index is 1.78. The summed E-state index contributed by atoms with van der Waals surface area (Å²) in [5.41, 5.74) is 8.58. The quantitative estimate of drug-likeness (QED) is 0.822. The number of aromatic nitrogens is 2. The molecule has 15 heavy (non-hydrogen) atoms. The van der Waals surface area contributed by atoms with E-state index in [9.17, 15) is 0 Å². The van der Waals surface area contributed by atoms with Gasteiger partial charge in [-0.3, -0.25) is 0 Å². The van der Waals surface area contributed by atoms with Crippen molar-refractivity contribution in [2.24, 2.45) is 5.73 Å². The maximum absolute atomic E-state index is 6.07. The molecule has 78 valence electrons. The standard InChI is InChI=1S/C12H15N3/c13-12(5-6-12)4-3-10-1-2-11-14-7-8-15(11)9-10/h1-2,7-9H,3-6,13H2. The second-order valence-corrected chi connectivity index (χ2v) is 4.59. The molecule has 0 bridgehead atoms. The second-order valence-electron chi connectivity index (χ2n) is 4.59. The molecule has 2 heterocycles. The van der Waals surface area contributed by atoms with Crippen LogP contribution >= 0.6 is 0 Å². The number of aryl methyl sites for hydroxylation is 1. The van der Waals surface area contributed by atoms with Crippen molar-refractivity contribution in [1.29, 1.82) is 0 Å². The average molecular weight is 201 g/mol. The zero-order valence-corrected chi connectivity index (χ0v) is 8.69. The fourth-order valence-corrected chi connectivity index (χ4v) is 1.92. The smallest absolute Gasteiger partial charge is 0.136 e. The highest BCUT2D eigenvalue weighted by Gasteiger charge is 2.37. The number of hydrogen-bond acceptors (Lipinski definition) is 2. The minimum atomic E-state index is 0.157. The van der Waals surface area contributed by atoms with E-state index in [1.807, 2.05) is 12.4 Å². The Bertz CT molecular complexity index is 482. The van der Waals surface area contributed by atoms with Gasteiger partial charge in [-0.25, -0.2) is 4.98 Å². The van der Waals surface area contributed by atoms with Crippen molar-refractivity contribution in [3.8, 4) is 0 Å². The van der Waals surface area contributed by atoms with Crippen molar-refractivity contribution >= 4 is 5.65 Å². The highest BCUT2D eigenvalue weighted by molar-refractivity contribution is 5.39. The van der Waals surface area contributed by atoms with Gasteiger partial charge in [0.15, 0.2) is 0 Å². The molecule has 0 atom stereocenters. The molecule has 0 saturated heterocycles. The molecule has 1 fully saturated rings. The largest absolute Gasteiger partial charge is 0.325 e. The molecule has 0 unspecified atom stereocenters. The molecule has 3 rings (SSSR count). The van der Waals surface area contributed by atoms with Gasteiger partial charge in [0.2, 0.25) is 0 Å². The van der Waals surface area contributed by atoms with Gasteiger partial charge in [0.05, 0.1) is 0 Å². The Morgan fingerprint density at radius 1 is 1.40 bits per heavy atom. The third kappa shape index (κ3) is 1.75. The lowest BCUT2D eigenvalue weighted by atomic mass is 10.1. The molecule has 2 aromatic heterocycles. The molecule has 3 heteroatoms. The molecule has 1 aliphatic carbocycles. The molecule has 1 aliphatic rings. The SMILES string of the molecule is NC1(CCc2ccc3nccn3c2)CC1. The number of nitrogens with zero attached hydrogens (tertiary/aromatic N) is 2. The number of hydrogen-bond donors (Lipinski definition) is 1. The van der Waals surface area contributed by atoms with E-state index in [-0.39, 0.29) is 5.54 Å². The Kier molecular flexibility index (Phi) is 1.83. The van der Waals surface area contributed by atoms with Crippen LogP contribution in [0.4, 0.5) is 0 Å². The van der Waals surface area contributed by atoms with Crippen LogP contribution in [0.3, 0.4) is 0 Å². The lowest BCUT2D eigenvalue weighted by Crippen LogP contribution is -2.22. The minimum Gasteiger partial charge on any atom is -0.325 e. The van der Waals surface area contributed by atoms with Crippen LogP contribution in [0.25, 0.3) is 5.65 Å². The third-order valence-electron chi connectivity index (χ3n) is 3.25. The summed E-state index contributed by atoms with van der Waals surface area (Å²) in [6, 6.07) is 4.21. The first-order valence-corrected chi connectivity index (χ1v) is 5.46. The zero-order valence-electron chi connectivity index (χ0n) is 8.69. The van der Waals surface area contributed by atoms with E-state index in [1.165, 1.54) is 18.4 Å². The first-order chi connectivity index (χ1) is 7.25. The maximum Gasteiger partial charge on any atom is 0.136 e. The summed E-state index contributed by atoms with van der Waals surface area (Å²) in [5, 5.41) is 0. The van der Waals surface area contributed by atoms with Crippen molar-refractivity contribution in [3.05, 3.63) is 36.3 Å². The number of rotatable bonds is 3. The molecule has 0 radical (unpaired) electrons. The van der Waals surface area contributed by atoms with Crippen LogP contribution in [0.15, 0.2) is 30.7 Å². The van der Waals surface area contributed by atoms with Crippen molar-refractivity contribution in [2.75, 3.05) is 0 Å². The van der Waals surface area contributed by atoms with Crippen molar-refractivity contribution in [2.45, 2.75) is 31.2 Å². The number of fused-ring (bicyclic) bond motifs is 1. The summed E-state index contributed by atoms with van der Waals surface area (Å²) in [6.07, 6.45) is 10.5. The molecule has 3 nitrogen and oxygen atoms in total. The van der Waals surface area contributed by atoms with Crippen LogP contribution < -0.4 is 5.73 Å². The van der Waals surface area contributed by atoms with E-state index >= 15 is 0 Å². The molecule has 0 amide bonds. The fraction of sp³-hybridized carbons (Fsp3) is 0.417.